The summed E-state index contributed by atoms with van der Waals surface area (Å²) in [6.45, 7) is 3.36. The van der Waals surface area contributed by atoms with Crippen LogP contribution in [-0.2, 0) is 0 Å². The summed E-state index contributed by atoms with van der Waals surface area (Å²) in [5, 5.41) is 12.4. The van der Waals surface area contributed by atoms with Crippen LogP contribution in [0.4, 0.5) is 0 Å². The van der Waals surface area contributed by atoms with Crippen LogP contribution in [0.15, 0.2) is 35.8 Å². The summed E-state index contributed by atoms with van der Waals surface area (Å²) >= 11 is 1.72. The molecule has 0 bridgehead atoms. The Morgan fingerprint density at radius 2 is 2.30 bits per heavy atom. The third-order valence-corrected chi connectivity index (χ3v) is 5.03. The molecule has 23 heavy (non-hydrogen) atoms. The van der Waals surface area contributed by atoms with E-state index in [1.54, 1.807) is 35.6 Å². The average Bonchev–Trinajstić information content (AvgIpc) is 3.10. The van der Waals surface area contributed by atoms with E-state index in [9.17, 15) is 4.79 Å². The van der Waals surface area contributed by atoms with Crippen molar-refractivity contribution in [1.29, 1.82) is 0 Å². The Hall–Kier alpha value is -1.92. The van der Waals surface area contributed by atoms with E-state index in [2.05, 4.69) is 9.88 Å². The number of carbonyl (C=O) groups is 1. The number of aromatic nitrogens is 1. The van der Waals surface area contributed by atoms with Crippen molar-refractivity contribution in [2.24, 2.45) is 0 Å². The molecule has 1 aromatic heterocycles. The van der Waals surface area contributed by atoms with Gasteiger partial charge >= 0.3 is 5.97 Å². The molecule has 2 heterocycles. The highest BCUT2D eigenvalue weighted by molar-refractivity contribution is 7.09. The summed E-state index contributed by atoms with van der Waals surface area (Å²) in [5.41, 5.74) is 0.215. The first kappa shape index (κ1) is 16.0. The highest BCUT2D eigenvalue weighted by Gasteiger charge is 2.23. The molecule has 0 saturated carbocycles. The average molecular weight is 332 g/mol. The lowest BCUT2D eigenvalue weighted by molar-refractivity contribution is 0.0691. The van der Waals surface area contributed by atoms with Crippen LogP contribution in [0.25, 0.3) is 0 Å². The van der Waals surface area contributed by atoms with Gasteiger partial charge in [-0.15, -0.1) is 11.3 Å². The monoisotopic (exact) mass is 332 g/mol. The Kier molecular flexibility index (Phi) is 5.25. The summed E-state index contributed by atoms with van der Waals surface area (Å²) in [5.74, 6) is -0.00838. The summed E-state index contributed by atoms with van der Waals surface area (Å²) in [7, 11) is 0. The topological polar surface area (TPSA) is 62.7 Å². The first-order valence-corrected chi connectivity index (χ1v) is 8.69. The minimum atomic E-state index is -0.956. The van der Waals surface area contributed by atoms with Crippen LogP contribution in [0.1, 0.15) is 34.1 Å². The highest BCUT2D eigenvalue weighted by atomic mass is 32.1. The standard InChI is InChI=1S/C17H20N2O3S/c20-17(21)14-5-1-2-6-15(14)22-10-9-19-8-3-4-13(12-19)16-18-7-11-23-16/h1-2,5-7,11,13H,3-4,8-10,12H2,(H,20,21). The van der Waals surface area contributed by atoms with E-state index in [0.29, 0.717) is 18.3 Å². The lowest BCUT2D eigenvalue weighted by Crippen LogP contribution is -2.37. The van der Waals surface area contributed by atoms with Crippen molar-refractivity contribution in [2.45, 2.75) is 18.8 Å². The predicted molar refractivity (Wildman–Crippen MR) is 89.4 cm³/mol. The number of benzene rings is 1. The number of ether oxygens (including phenoxy) is 1. The molecule has 2 aromatic rings. The van der Waals surface area contributed by atoms with Crippen LogP contribution in [0.2, 0.25) is 0 Å². The Morgan fingerprint density at radius 3 is 3.09 bits per heavy atom. The first-order chi connectivity index (χ1) is 11.2. The molecular weight excluding hydrogens is 312 g/mol. The van der Waals surface area contributed by atoms with E-state index in [1.165, 1.54) is 11.4 Å². The predicted octanol–water partition coefficient (Wildman–Crippen LogP) is 3.10. The largest absolute Gasteiger partial charge is 0.491 e. The van der Waals surface area contributed by atoms with Crippen molar-refractivity contribution in [3.05, 3.63) is 46.4 Å². The second-order valence-corrected chi connectivity index (χ2v) is 6.59. The van der Waals surface area contributed by atoms with Crippen LogP contribution in [0.5, 0.6) is 5.75 Å². The number of rotatable bonds is 6. The Labute approximate surface area is 139 Å². The number of hydrogen-bond acceptors (Lipinski definition) is 5. The lowest BCUT2D eigenvalue weighted by Gasteiger charge is -2.31. The van der Waals surface area contributed by atoms with Crippen molar-refractivity contribution in [3.8, 4) is 5.75 Å². The Morgan fingerprint density at radius 1 is 1.43 bits per heavy atom. The summed E-state index contributed by atoms with van der Waals surface area (Å²) in [4.78, 5) is 18.0. The van der Waals surface area contributed by atoms with Crippen LogP contribution in [0.3, 0.4) is 0 Å². The Bertz CT molecular complexity index is 645. The van der Waals surface area contributed by atoms with Crippen LogP contribution in [-0.4, -0.2) is 47.2 Å². The zero-order chi connectivity index (χ0) is 16.1. The van der Waals surface area contributed by atoms with Crippen molar-refractivity contribution in [1.82, 2.24) is 9.88 Å². The van der Waals surface area contributed by atoms with Gasteiger partial charge in [-0.3, -0.25) is 4.90 Å². The van der Waals surface area contributed by atoms with Crippen molar-refractivity contribution in [3.63, 3.8) is 0 Å². The fourth-order valence-corrected chi connectivity index (χ4v) is 3.72. The molecule has 3 rings (SSSR count). The maximum absolute atomic E-state index is 11.2. The highest BCUT2D eigenvalue weighted by Crippen LogP contribution is 2.28. The number of piperidine rings is 1. The molecule has 1 aliphatic heterocycles. The molecule has 122 valence electrons. The van der Waals surface area contributed by atoms with Crippen LogP contribution < -0.4 is 4.74 Å². The maximum atomic E-state index is 11.2. The number of para-hydroxylation sites is 1. The number of likely N-dealkylation sites (tertiary alicyclic amines) is 1. The van der Waals surface area contributed by atoms with E-state index >= 15 is 0 Å². The lowest BCUT2D eigenvalue weighted by atomic mass is 9.99. The fourth-order valence-electron chi connectivity index (χ4n) is 2.95. The van der Waals surface area contributed by atoms with E-state index < -0.39 is 5.97 Å². The van der Waals surface area contributed by atoms with Gasteiger partial charge in [-0.25, -0.2) is 9.78 Å². The molecule has 0 radical (unpaired) electrons. The van der Waals surface area contributed by atoms with E-state index in [1.807, 2.05) is 11.6 Å². The fraction of sp³-hybridized carbons (Fsp3) is 0.412. The van der Waals surface area contributed by atoms with Crippen LogP contribution in [0, 0.1) is 0 Å². The minimum Gasteiger partial charge on any atom is -0.491 e. The quantitative estimate of drug-likeness (QED) is 0.881. The number of carboxylic acid groups (broad SMARTS) is 1. The van der Waals surface area contributed by atoms with Crippen molar-refractivity contribution >= 4 is 17.3 Å². The molecule has 1 saturated heterocycles. The van der Waals surface area contributed by atoms with Gasteiger partial charge in [0.05, 0.1) is 5.01 Å². The smallest absolute Gasteiger partial charge is 0.339 e. The summed E-state index contributed by atoms with van der Waals surface area (Å²) in [6, 6.07) is 6.77. The number of thiazole rings is 1. The SMILES string of the molecule is O=C(O)c1ccccc1OCCN1CCCC(c2nccs2)C1. The third kappa shape index (κ3) is 4.09. The first-order valence-electron chi connectivity index (χ1n) is 7.81. The molecule has 1 aliphatic rings. The van der Waals surface area contributed by atoms with E-state index in [-0.39, 0.29) is 5.56 Å². The molecule has 1 fully saturated rings. The second kappa shape index (κ2) is 7.57. The van der Waals surface area contributed by atoms with Gasteiger partial charge in [0.25, 0.3) is 0 Å². The van der Waals surface area contributed by atoms with Gasteiger partial charge in [-0.1, -0.05) is 12.1 Å². The minimum absolute atomic E-state index is 0.215. The zero-order valence-electron chi connectivity index (χ0n) is 12.9. The third-order valence-electron chi connectivity index (χ3n) is 4.09. The van der Waals surface area contributed by atoms with E-state index in [4.69, 9.17) is 9.84 Å². The van der Waals surface area contributed by atoms with Crippen molar-refractivity contribution < 1.29 is 14.6 Å². The van der Waals surface area contributed by atoms with Crippen molar-refractivity contribution in [2.75, 3.05) is 26.2 Å². The molecule has 0 spiro atoms. The normalized spacial score (nSPS) is 18.7. The number of aromatic carboxylic acids is 1. The molecule has 1 aromatic carbocycles. The van der Waals surface area contributed by atoms with Crippen LogP contribution >= 0.6 is 11.3 Å². The van der Waals surface area contributed by atoms with Gasteiger partial charge in [-0.2, -0.15) is 0 Å². The molecule has 1 N–H and O–H groups in total. The van der Waals surface area contributed by atoms with Gasteiger partial charge < -0.3 is 9.84 Å². The molecule has 1 atom stereocenters. The van der Waals surface area contributed by atoms with Gasteiger partial charge in [0.2, 0.25) is 0 Å². The van der Waals surface area contributed by atoms with Gasteiger partial charge in [0.1, 0.15) is 17.9 Å². The number of hydrogen-bond donors (Lipinski definition) is 1. The molecule has 5 nitrogen and oxygen atoms in total. The summed E-state index contributed by atoms with van der Waals surface area (Å²) in [6.07, 6.45) is 4.22. The maximum Gasteiger partial charge on any atom is 0.339 e. The molecule has 1 unspecified atom stereocenters. The molecular formula is C17H20N2O3S. The van der Waals surface area contributed by atoms with Gasteiger partial charge in [0, 0.05) is 30.6 Å². The molecule has 6 heteroatoms. The Balaban J connectivity index is 1.52. The number of nitrogens with zero attached hydrogens (tertiary/aromatic N) is 2. The number of carboxylic acids is 1. The zero-order valence-corrected chi connectivity index (χ0v) is 13.7. The summed E-state index contributed by atoms with van der Waals surface area (Å²) < 4.78 is 5.69. The second-order valence-electron chi connectivity index (χ2n) is 5.66. The molecule has 0 amide bonds. The van der Waals surface area contributed by atoms with Gasteiger partial charge in [0.15, 0.2) is 0 Å². The van der Waals surface area contributed by atoms with Gasteiger partial charge in [-0.05, 0) is 31.5 Å². The molecule has 0 aliphatic carbocycles. The van der Waals surface area contributed by atoms with E-state index in [0.717, 1.165) is 26.1 Å².